The number of halogens is 1. The number of Topliss-reactive ketones (excluding diaryl/α,β-unsaturated/α-hetero) is 1. The van der Waals surface area contributed by atoms with Crippen molar-refractivity contribution in [1.29, 1.82) is 0 Å². The molecule has 1 amide bonds. The molecule has 1 fully saturated rings. The summed E-state index contributed by atoms with van der Waals surface area (Å²) in [5.74, 6) is 1.69. The lowest BCUT2D eigenvalue weighted by Crippen LogP contribution is -2.49. The van der Waals surface area contributed by atoms with Gasteiger partial charge in [-0.15, -0.1) is 16.4 Å². The fourth-order valence-electron chi connectivity index (χ4n) is 9.37. The number of nitrogens with one attached hydrogen (secondary N) is 1. The van der Waals surface area contributed by atoms with Crippen LogP contribution in [0.3, 0.4) is 0 Å². The molecule has 3 aromatic heterocycles. The summed E-state index contributed by atoms with van der Waals surface area (Å²) in [4.78, 5) is 44.9. The number of aryl methyl sites for hydroxylation is 4. The first-order chi connectivity index (χ1) is 35.6. The molecule has 1 unspecified atom stereocenters. The molecule has 0 bridgehead atoms. The molecule has 1 atom stereocenters. The number of fused-ring (bicyclic) bond motifs is 1. The Bertz CT molecular complexity index is 3190. The molecule has 1 aliphatic rings. The zero-order valence-electron chi connectivity index (χ0n) is 43.2. The van der Waals surface area contributed by atoms with E-state index >= 15 is 0 Å². The minimum absolute atomic E-state index is 0.0226. The fourth-order valence-corrected chi connectivity index (χ4v) is 11.7. The van der Waals surface area contributed by atoms with E-state index in [0.717, 1.165) is 112 Å². The van der Waals surface area contributed by atoms with Gasteiger partial charge in [0.2, 0.25) is 15.9 Å². The molecule has 4 aromatic carbocycles. The lowest BCUT2D eigenvalue weighted by atomic mass is 9.85. The molecule has 0 saturated carbocycles. The van der Waals surface area contributed by atoms with Crippen LogP contribution >= 0.6 is 22.9 Å². The van der Waals surface area contributed by atoms with Crippen LogP contribution < -0.4 is 19.7 Å². The minimum Gasteiger partial charge on any atom is -0.494 e. The summed E-state index contributed by atoms with van der Waals surface area (Å²) in [6, 6.07) is 24.9. The summed E-state index contributed by atoms with van der Waals surface area (Å²) >= 11 is 8.07. The molecule has 8 rings (SSSR count). The van der Waals surface area contributed by atoms with E-state index in [4.69, 9.17) is 26.1 Å². The lowest BCUT2D eigenvalue weighted by Gasteiger charge is -2.35. The Hall–Kier alpha value is -6.31. The summed E-state index contributed by atoms with van der Waals surface area (Å²) < 4.78 is 42.3. The molecule has 1 aliphatic heterocycles. The predicted molar refractivity (Wildman–Crippen MR) is 291 cm³/mol. The molecule has 16 nitrogen and oxygen atoms in total. The lowest BCUT2D eigenvalue weighted by molar-refractivity contribution is -0.122. The van der Waals surface area contributed by atoms with Gasteiger partial charge in [-0.1, -0.05) is 60.0 Å². The van der Waals surface area contributed by atoms with E-state index in [9.17, 15) is 18.0 Å². The number of unbranched alkanes of at least 4 members (excludes halogenated alkanes) is 3. The zero-order chi connectivity index (χ0) is 52.5. The monoisotopic (exact) mass is 1060 g/mol. The number of thiazole rings is 1. The molecule has 390 valence electrons. The highest BCUT2D eigenvalue weighted by atomic mass is 35.5. The molecule has 19 heteroatoms. The number of ketones is 1. The number of hydrogen-bond donors (Lipinski definition) is 1. The number of benzene rings is 4. The van der Waals surface area contributed by atoms with Gasteiger partial charge in [-0.2, -0.15) is 4.31 Å². The molecule has 4 heterocycles. The highest BCUT2D eigenvalue weighted by Gasteiger charge is 2.25. The first kappa shape index (κ1) is 54.0. The number of sulfonamides is 1. The van der Waals surface area contributed by atoms with Crippen LogP contribution in [-0.4, -0.2) is 119 Å². The van der Waals surface area contributed by atoms with Crippen molar-refractivity contribution in [1.82, 2.24) is 44.5 Å². The van der Waals surface area contributed by atoms with Crippen LogP contribution in [0.4, 0.5) is 5.69 Å². The van der Waals surface area contributed by atoms with Gasteiger partial charge in [0.05, 0.1) is 45.8 Å². The van der Waals surface area contributed by atoms with Crippen LogP contribution in [0.5, 0.6) is 11.5 Å². The third kappa shape index (κ3) is 13.3. The summed E-state index contributed by atoms with van der Waals surface area (Å²) in [5, 5.41) is 13.0. The van der Waals surface area contributed by atoms with Crippen molar-refractivity contribution in [3.05, 3.63) is 134 Å². The third-order valence-electron chi connectivity index (χ3n) is 13.5. The van der Waals surface area contributed by atoms with E-state index in [-0.39, 0.29) is 35.5 Å². The van der Waals surface area contributed by atoms with Crippen molar-refractivity contribution in [2.75, 3.05) is 64.9 Å². The summed E-state index contributed by atoms with van der Waals surface area (Å²) in [7, 11) is 1.13. The van der Waals surface area contributed by atoms with E-state index < -0.39 is 10.0 Å². The SMILES string of the molecule is COc1cc(C(CC(C)=O)c2ccc(C)c(CN(C)S(=O)(=O)c3ccc(OCCCCCCNC(=O)CN4CCN(c5ccc(Cc6ncc(Cl)c(-c7sc(C)nc7C)n6)cc5)CC4)cc3)c2)cc2nnn(C)c12. The number of anilines is 1. The molecule has 0 aliphatic carbocycles. The van der Waals surface area contributed by atoms with Crippen LogP contribution in [-0.2, 0) is 39.6 Å². The van der Waals surface area contributed by atoms with E-state index in [1.54, 1.807) is 74.6 Å². The number of ether oxygens (including phenoxy) is 2. The van der Waals surface area contributed by atoms with Crippen molar-refractivity contribution >= 4 is 61.4 Å². The quantitative estimate of drug-likeness (QED) is 0.0602. The van der Waals surface area contributed by atoms with E-state index in [1.807, 2.05) is 51.1 Å². The summed E-state index contributed by atoms with van der Waals surface area (Å²) in [5.41, 5.74) is 8.86. The Morgan fingerprint density at radius 1 is 0.905 bits per heavy atom. The van der Waals surface area contributed by atoms with Crippen molar-refractivity contribution in [2.45, 2.75) is 83.6 Å². The second-order valence-corrected chi connectivity index (χ2v) is 22.7. The van der Waals surface area contributed by atoms with Gasteiger partial charge in [-0.05, 0) is 117 Å². The molecule has 0 radical (unpaired) electrons. The number of amides is 1. The van der Waals surface area contributed by atoms with Gasteiger partial charge in [0.1, 0.15) is 39.8 Å². The standard InChI is InChI=1S/C55H65ClN10O6S2/c1-36-12-15-41(47(28-37(2)67)42-31-49-54(50(32-42)71-7)64(6)62-61-49)30-43(36)34-63(5)74(69,70)46-20-18-45(19-21-46)72-27-11-9-8-10-22-57-52(68)35-65-23-25-66(26-24-65)44-16-13-40(14-17-44)29-51-58-33-48(56)53(60-51)55-38(3)59-39(4)73-55/h12-21,30-33,47H,8-11,22-29,34-35H2,1-7H3,(H,57,68). The largest absolute Gasteiger partial charge is 0.494 e. The topological polar surface area (TPSA) is 178 Å². The second-order valence-electron chi connectivity index (χ2n) is 19.0. The van der Waals surface area contributed by atoms with Crippen molar-refractivity contribution in [3.8, 4) is 22.1 Å². The molecule has 1 N–H and O–H groups in total. The first-order valence-electron chi connectivity index (χ1n) is 25.0. The normalized spacial score (nSPS) is 13.7. The van der Waals surface area contributed by atoms with Gasteiger partial charge in [0.25, 0.3) is 0 Å². The van der Waals surface area contributed by atoms with Crippen LogP contribution in [0.15, 0.2) is 90.0 Å². The number of carbonyl (C=O) groups is 2. The Morgan fingerprint density at radius 3 is 2.35 bits per heavy atom. The van der Waals surface area contributed by atoms with Crippen molar-refractivity contribution < 1.29 is 27.5 Å². The van der Waals surface area contributed by atoms with Crippen LogP contribution in [0, 0.1) is 20.8 Å². The first-order valence-corrected chi connectivity index (χ1v) is 27.6. The molecule has 1 saturated heterocycles. The molecule has 7 aromatic rings. The average Bonchev–Trinajstić information content (AvgIpc) is 3.94. The number of hydrogen-bond acceptors (Lipinski definition) is 14. The van der Waals surface area contributed by atoms with Crippen molar-refractivity contribution in [2.24, 2.45) is 7.05 Å². The molecular formula is C55H65ClN10O6S2. The molecule has 74 heavy (non-hydrogen) atoms. The highest BCUT2D eigenvalue weighted by Crippen LogP contribution is 2.37. The third-order valence-corrected chi connectivity index (χ3v) is 16.7. The summed E-state index contributed by atoms with van der Waals surface area (Å²) in [6.45, 7) is 12.4. The Morgan fingerprint density at radius 2 is 1.65 bits per heavy atom. The number of rotatable bonds is 23. The summed E-state index contributed by atoms with van der Waals surface area (Å²) in [6.07, 6.45) is 6.14. The second kappa shape index (κ2) is 24.4. The fraction of sp³-hybridized carbons (Fsp3) is 0.400. The van der Waals surface area contributed by atoms with Gasteiger partial charge < -0.3 is 19.7 Å². The maximum Gasteiger partial charge on any atom is 0.243 e. The average molecular weight is 1060 g/mol. The van der Waals surface area contributed by atoms with Gasteiger partial charge in [-0.3, -0.25) is 14.5 Å². The number of nitrogens with zero attached hydrogens (tertiary/aromatic N) is 9. The zero-order valence-corrected chi connectivity index (χ0v) is 45.6. The smallest absolute Gasteiger partial charge is 0.243 e. The number of methoxy groups -OCH3 is 1. The van der Waals surface area contributed by atoms with Crippen LogP contribution in [0.2, 0.25) is 5.02 Å². The maximum absolute atomic E-state index is 13.8. The number of piperazine rings is 1. The number of aromatic nitrogens is 6. The van der Waals surface area contributed by atoms with Gasteiger partial charge >= 0.3 is 0 Å². The number of carbonyl (C=O) groups excluding carboxylic acids is 2. The van der Waals surface area contributed by atoms with Gasteiger partial charge in [0, 0.05) is 84.0 Å². The molecular weight excluding hydrogens is 996 g/mol. The van der Waals surface area contributed by atoms with Gasteiger partial charge in [-0.25, -0.2) is 28.1 Å². The predicted octanol–water partition coefficient (Wildman–Crippen LogP) is 8.87. The Balaban J connectivity index is 0.718. The van der Waals surface area contributed by atoms with E-state index in [0.29, 0.717) is 54.0 Å². The van der Waals surface area contributed by atoms with E-state index in [1.165, 1.54) is 4.31 Å². The Labute approximate surface area is 443 Å². The highest BCUT2D eigenvalue weighted by molar-refractivity contribution is 7.89. The molecule has 0 spiro atoms. The van der Waals surface area contributed by atoms with Crippen LogP contribution in [0.25, 0.3) is 21.6 Å². The van der Waals surface area contributed by atoms with Crippen LogP contribution in [0.1, 0.15) is 89.3 Å². The Kier molecular flexibility index (Phi) is 17.8. The van der Waals surface area contributed by atoms with Gasteiger partial charge in [0.15, 0.2) is 0 Å². The van der Waals surface area contributed by atoms with Crippen molar-refractivity contribution in [3.63, 3.8) is 0 Å². The maximum atomic E-state index is 13.8. The van der Waals surface area contributed by atoms with E-state index in [2.05, 4.69) is 59.7 Å². The minimum atomic E-state index is -3.84.